The van der Waals surface area contributed by atoms with Crippen LogP contribution in [0.15, 0.2) is 23.3 Å². The first-order chi connectivity index (χ1) is 7.34. The largest absolute Gasteiger partial charge is 0.299 e. The average molecular weight is 220 g/mol. The normalized spacial score (nSPS) is 22.6. The number of hydrogen-bond donors (Lipinski definition) is 0. The maximum absolute atomic E-state index is 11.2. The van der Waals surface area contributed by atoms with Crippen molar-refractivity contribution in [1.82, 2.24) is 0 Å². The lowest BCUT2D eigenvalue weighted by Crippen LogP contribution is -2.19. The van der Waals surface area contributed by atoms with E-state index >= 15 is 0 Å². The van der Waals surface area contributed by atoms with E-state index in [2.05, 4.69) is 26.8 Å². The smallest absolute Gasteiger partial charge is 0.136 e. The zero-order valence-electron chi connectivity index (χ0n) is 11.3. The van der Waals surface area contributed by atoms with Crippen LogP contribution in [-0.4, -0.2) is 5.78 Å². The van der Waals surface area contributed by atoms with Crippen molar-refractivity contribution in [1.29, 1.82) is 0 Å². The SMILES string of the molecule is CC(=O)C(C)/C=C/C1=C(C)CCCC1(C)C. The first kappa shape index (κ1) is 13.2. The number of allylic oxidation sites excluding steroid dienone is 4. The number of hydrogen-bond acceptors (Lipinski definition) is 1. The van der Waals surface area contributed by atoms with E-state index in [1.54, 1.807) is 6.92 Å². The standard InChI is InChI=1S/C15H24O/c1-11(13(3)16)8-9-14-12(2)7-6-10-15(14,4)5/h8-9,11H,6-7,10H2,1-5H3/b9-8+. The van der Waals surface area contributed by atoms with Gasteiger partial charge in [-0.3, -0.25) is 4.79 Å². The molecule has 0 aromatic rings. The van der Waals surface area contributed by atoms with Crippen LogP contribution in [0.5, 0.6) is 0 Å². The molecule has 1 nitrogen and oxygen atoms in total. The first-order valence-electron chi connectivity index (χ1n) is 6.23. The lowest BCUT2D eigenvalue weighted by molar-refractivity contribution is -0.118. The molecule has 1 aliphatic carbocycles. The molecule has 1 heteroatoms. The summed E-state index contributed by atoms with van der Waals surface area (Å²) in [6.45, 7) is 10.4. The molecular weight excluding hydrogens is 196 g/mol. The van der Waals surface area contributed by atoms with Crippen LogP contribution in [0.2, 0.25) is 0 Å². The van der Waals surface area contributed by atoms with Crippen LogP contribution in [0.25, 0.3) is 0 Å². The highest BCUT2D eigenvalue weighted by atomic mass is 16.1. The summed E-state index contributed by atoms with van der Waals surface area (Å²) in [7, 11) is 0. The summed E-state index contributed by atoms with van der Waals surface area (Å²) in [5.41, 5.74) is 3.20. The van der Waals surface area contributed by atoms with Crippen LogP contribution in [0.1, 0.15) is 53.9 Å². The summed E-state index contributed by atoms with van der Waals surface area (Å²) in [6, 6.07) is 0. The van der Waals surface area contributed by atoms with E-state index in [-0.39, 0.29) is 17.1 Å². The van der Waals surface area contributed by atoms with Crippen molar-refractivity contribution >= 4 is 5.78 Å². The Morgan fingerprint density at radius 1 is 1.44 bits per heavy atom. The predicted molar refractivity (Wildman–Crippen MR) is 69.3 cm³/mol. The van der Waals surface area contributed by atoms with Crippen LogP contribution >= 0.6 is 0 Å². The minimum atomic E-state index is 0.0398. The quantitative estimate of drug-likeness (QED) is 0.693. The summed E-state index contributed by atoms with van der Waals surface area (Å²) in [5, 5.41) is 0. The topological polar surface area (TPSA) is 17.1 Å². The Hall–Kier alpha value is -0.850. The molecule has 0 N–H and O–H groups in total. The van der Waals surface area contributed by atoms with Gasteiger partial charge in [-0.05, 0) is 44.1 Å². The lowest BCUT2D eigenvalue weighted by Gasteiger charge is -2.33. The minimum absolute atomic E-state index is 0.0398. The fraction of sp³-hybridized carbons (Fsp3) is 0.667. The van der Waals surface area contributed by atoms with E-state index in [4.69, 9.17) is 0 Å². The highest BCUT2D eigenvalue weighted by molar-refractivity contribution is 5.79. The molecule has 0 heterocycles. The van der Waals surface area contributed by atoms with E-state index in [0.29, 0.717) is 0 Å². The van der Waals surface area contributed by atoms with Crippen molar-refractivity contribution < 1.29 is 4.79 Å². The molecule has 90 valence electrons. The summed E-state index contributed by atoms with van der Waals surface area (Å²) in [4.78, 5) is 11.2. The van der Waals surface area contributed by atoms with Gasteiger partial charge in [0.1, 0.15) is 5.78 Å². The maximum Gasteiger partial charge on any atom is 0.136 e. The van der Waals surface area contributed by atoms with Gasteiger partial charge in [-0.25, -0.2) is 0 Å². The van der Waals surface area contributed by atoms with Gasteiger partial charge in [0.2, 0.25) is 0 Å². The average Bonchev–Trinajstić information content (AvgIpc) is 2.15. The Morgan fingerprint density at radius 2 is 2.06 bits per heavy atom. The first-order valence-corrected chi connectivity index (χ1v) is 6.23. The Bertz CT molecular complexity index is 331. The number of rotatable bonds is 3. The van der Waals surface area contributed by atoms with Gasteiger partial charge in [0.05, 0.1) is 0 Å². The Balaban J connectivity index is 2.89. The molecule has 0 fully saturated rings. The number of Topliss-reactive ketones (excluding diaryl/α,β-unsaturated/α-hetero) is 1. The molecular formula is C15H24O. The third kappa shape index (κ3) is 3.07. The van der Waals surface area contributed by atoms with E-state index in [0.717, 1.165) is 0 Å². The van der Waals surface area contributed by atoms with Crippen molar-refractivity contribution in [3.8, 4) is 0 Å². The van der Waals surface area contributed by atoms with Gasteiger partial charge < -0.3 is 0 Å². The highest BCUT2D eigenvalue weighted by Gasteiger charge is 2.26. The van der Waals surface area contributed by atoms with Crippen LogP contribution < -0.4 is 0 Å². The molecule has 0 aromatic heterocycles. The van der Waals surface area contributed by atoms with Gasteiger partial charge in [0, 0.05) is 5.92 Å². The molecule has 0 spiro atoms. The third-order valence-corrected chi connectivity index (χ3v) is 3.74. The van der Waals surface area contributed by atoms with E-state index in [1.807, 2.05) is 13.0 Å². The van der Waals surface area contributed by atoms with Crippen LogP contribution in [0, 0.1) is 11.3 Å². The molecule has 0 bridgehead atoms. The zero-order valence-corrected chi connectivity index (χ0v) is 11.3. The second-order valence-corrected chi connectivity index (χ2v) is 5.69. The Labute approximate surface area is 99.6 Å². The Kier molecular flexibility index (Phi) is 4.12. The molecule has 1 unspecified atom stereocenters. The molecule has 0 saturated carbocycles. The van der Waals surface area contributed by atoms with Gasteiger partial charge in [-0.15, -0.1) is 0 Å². The van der Waals surface area contributed by atoms with Gasteiger partial charge >= 0.3 is 0 Å². The Morgan fingerprint density at radius 3 is 2.56 bits per heavy atom. The van der Waals surface area contributed by atoms with Crippen LogP contribution in [0.3, 0.4) is 0 Å². The molecule has 0 saturated heterocycles. The van der Waals surface area contributed by atoms with Crippen molar-refractivity contribution in [2.24, 2.45) is 11.3 Å². The van der Waals surface area contributed by atoms with E-state index < -0.39 is 0 Å². The van der Waals surface area contributed by atoms with Gasteiger partial charge in [-0.2, -0.15) is 0 Å². The second-order valence-electron chi connectivity index (χ2n) is 5.69. The fourth-order valence-corrected chi connectivity index (χ4v) is 2.39. The van der Waals surface area contributed by atoms with Gasteiger partial charge in [-0.1, -0.05) is 38.5 Å². The molecule has 0 radical (unpaired) electrons. The van der Waals surface area contributed by atoms with Crippen LogP contribution in [0.4, 0.5) is 0 Å². The zero-order chi connectivity index (χ0) is 12.3. The highest BCUT2D eigenvalue weighted by Crippen LogP contribution is 2.40. The summed E-state index contributed by atoms with van der Waals surface area (Å²) >= 11 is 0. The van der Waals surface area contributed by atoms with Gasteiger partial charge in [0.25, 0.3) is 0 Å². The van der Waals surface area contributed by atoms with E-state index in [9.17, 15) is 4.79 Å². The van der Waals surface area contributed by atoms with Gasteiger partial charge in [0.15, 0.2) is 0 Å². The second kappa shape index (κ2) is 4.99. The van der Waals surface area contributed by atoms with Crippen molar-refractivity contribution in [3.05, 3.63) is 23.3 Å². The molecule has 0 aliphatic heterocycles. The van der Waals surface area contributed by atoms with Crippen molar-refractivity contribution in [2.45, 2.75) is 53.9 Å². The van der Waals surface area contributed by atoms with Crippen molar-refractivity contribution in [3.63, 3.8) is 0 Å². The van der Waals surface area contributed by atoms with Crippen LogP contribution in [-0.2, 0) is 4.79 Å². The molecule has 1 aliphatic rings. The molecule has 1 rings (SSSR count). The number of carbonyl (C=O) groups is 1. The molecule has 0 aromatic carbocycles. The molecule has 0 amide bonds. The third-order valence-electron chi connectivity index (χ3n) is 3.74. The number of ketones is 1. The fourth-order valence-electron chi connectivity index (χ4n) is 2.39. The van der Waals surface area contributed by atoms with E-state index in [1.165, 1.54) is 30.4 Å². The molecule has 16 heavy (non-hydrogen) atoms. The summed E-state index contributed by atoms with van der Waals surface area (Å²) in [6.07, 6.45) is 7.98. The lowest BCUT2D eigenvalue weighted by atomic mass is 9.72. The summed E-state index contributed by atoms with van der Waals surface area (Å²) in [5.74, 6) is 0.279. The monoisotopic (exact) mass is 220 g/mol. The molecule has 1 atom stereocenters. The number of carbonyl (C=O) groups excluding carboxylic acids is 1. The van der Waals surface area contributed by atoms with Crippen molar-refractivity contribution in [2.75, 3.05) is 0 Å². The predicted octanol–water partition coefficient (Wildman–Crippen LogP) is 4.29. The summed E-state index contributed by atoms with van der Waals surface area (Å²) < 4.78 is 0. The maximum atomic E-state index is 11.2. The minimum Gasteiger partial charge on any atom is -0.299 e.